The minimum Gasteiger partial charge on any atom is -1.00 e. The number of hydrogen-bond donors (Lipinski definition) is 0. The van der Waals surface area contributed by atoms with E-state index < -0.39 is 0 Å². The lowest BCUT2D eigenvalue weighted by molar-refractivity contribution is -0.893. The molecule has 2 bridgehead atoms. The van der Waals surface area contributed by atoms with Crippen molar-refractivity contribution in [3.05, 3.63) is 35.9 Å². The van der Waals surface area contributed by atoms with Crippen LogP contribution in [0.2, 0.25) is 0 Å². The standard InChI is InChI=1S/C15H19N2O.HI/c1-17-8-7-13(10-17)15(11-17)9-14(16-18-15)12-5-3-2-4-6-12;/h2-6,13H,7-11H2,1H3;1H/q+1;/p-1. The van der Waals surface area contributed by atoms with E-state index in [1.165, 1.54) is 29.6 Å². The van der Waals surface area contributed by atoms with Crippen molar-refractivity contribution in [1.29, 1.82) is 0 Å². The third-order valence-corrected chi connectivity index (χ3v) is 4.98. The number of nitrogens with zero attached hydrogens (tertiary/aromatic N) is 2. The molecule has 0 aromatic heterocycles. The van der Waals surface area contributed by atoms with Crippen LogP contribution in [-0.4, -0.2) is 42.5 Å². The maximum Gasteiger partial charge on any atom is 0.199 e. The van der Waals surface area contributed by atoms with Gasteiger partial charge in [0.15, 0.2) is 5.60 Å². The maximum absolute atomic E-state index is 5.94. The van der Waals surface area contributed by atoms with E-state index in [4.69, 9.17) is 4.84 Å². The van der Waals surface area contributed by atoms with Crippen LogP contribution < -0.4 is 24.0 Å². The van der Waals surface area contributed by atoms with Crippen molar-refractivity contribution in [2.45, 2.75) is 18.4 Å². The summed E-state index contributed by atoms with van der Waals surface area (Å²) in [6, 6.07) is 10.4. The molecular formula is C15H19IN2O. The smallest absolute Gasteiger partial charge is 0.199 e. The van der Waals surface area contributed by atoms with Crippen LogP contribution >= 0.6 is 0 Å². The number of oxime groups is 1. The topological polar surface area (TPSA) is 21.6 Å². The first-order valence-corrected chi connectivity index (χ1v) is 6.83. The molecule has 3 nitrogen and oxygen atoms in total. The number of benzene rings is 1. The van der Waals surface area contributed by atoms with Crippen LogP contribution in [0.25, 0.3) is 0 Å². The third kappa shape index (κ3) is 2.00. The Morgan fingerprint density at radius 1 is 1.32 bits per heavy atom. The zero-order chi connectivity index (χ0) is 12.2. The maximum atomic E-state index is 5.94. The third-order valence-electron chi connectivity index (χ3n) is 4.98. The average molecular weight is 370 g/mol. The zero-order valence-corrected chi connectivity index (χ0v) is 13.3. The first kappa shape index (κ1) is 13.4. The van der Waals surface area contributed by atoms with Gasteiger partial charge in [-0.1, -0.05) is 35.5 Å². The van der Waals surface area contributed by atoms with Crippen molar-refractivity contribution in [2.24, 2.45) is 11.1 Å². The van der Waals surface area contributed by atoms with Crippen LogP contribution in [0.3, 0.4) is 0 Å². The Labute approximate surface area is 131 Å². The van der Waals surface area contributed by atoms with Gasteiger partial charge in [0.1, 0.15) is 6.54 Å². The summed E-state index contributed by atoms with van der Waals surface area (Å²) in [5, 5.41) is 4.40. The molecule has 1 aromatic rings. The van der Waals surface area contributed by atoms with Gasteiger partial charge in [0, 0.05) is 12.8 Å². The molecule has 2 saturated heterocycles. The van der Waals surface area contributed by atoms with Crippen LogP contribution in [0.1, 0.15) is 18.4 Å². The number of halogens is 1. The number of piperidine rings is 1. The van der Waals surface area contributed by atoms with E-state index in [1.54, 1.807) is 0 Å². The van der Waals surface area contributed by atoms with E-state index in [1.807, 2.05) is 6.07 Å². The van der Waals surface area contributed by atoms with Crippen molar-refractivity contribution >= 4 is 5.71 Å². The predicted molar refractivity (Wildman–Crippen MR) is 70.3 cm³/mol. The lowest BCUT2D eigenvalue weighted by Crippen LogP contribution is -3.00. The van der Waals surface area contributed by atoms with Crippen LogP contribution in [0.15, 0.2) is 35.5 Å². The monoisotopic (exact) mass is 370 g/mol. The molecule has 1 aromatic carbocycles. The van der Waals surface area contributed by atoms with Gasteiger partial charge in [-0.05, 0) is 5.56 Å². The van der Waals surface area contributed by atoms with Crippen LogP contribution in [0.4, 0.5) is 0 Å². The van der Waals surface area contributed by atoms with Gasteiger partial charge >= 0.3 is 0 Å². The lowest BCUT2D eigenvalue weighted by atomic mass is 9.82. The number of hydrogen-bond acceptors (Lipinski definition) is 2. The molecule has 19 heavy (non-hydrogen) atoms. The molecule has 3 heterocycles. The molecule has 102 valence electrons. The highest BCUT2D eigenvalue weighted by atomic mass is 127. The molecule has 4 rings (SSSR count). The average Bonchev–Trinajstić information content (AvgIpc) is 3.03. The highest BCUT2D eigenvalue weighted by molar-refractivity contribution is 6.01. The molecular weight excluding hydrogens is 351 g/mol. The van der Waals surface area contributed by atoms with Gasteiger partial charge < -0.3 is 33.3 Å². The first-order chi connectivity index (χ1) is 8.69. The quantitative estimate of drug-likeness (QED) is 0.461. The summed E-state index contributed by atoms with van der Waals surface area (Å²) in [7, 11) is 2.36. The van der Waals surface area contributed by atoms with Gasteiger partial charge in [0.05, 0.1) is 31.8 Å². The van der Waals surface area contributed by atoms with Crippen molar-refractivity contribution in [3.8, 4) is 0 Å². The molecule has 3 atom stereocenters. The Morgan fingerprint density at radius 3 is 2.74 bits per heavy atom. The summed E-state index contributed by atoms with van der Waals surface area (Å²) in [6.07, 6.45) is 2.30. The molecule has 1 spiro atoms. The molecule has 0 radical (unpaired) electrons. The van der Waals surface area contributed by atoms with Gasteiger partial charge in [-0.25, -0.2) is 0 Å². The van der Waals surface area contributed by atoms with Gasteiger partial charge in [0.2, 0.25) is 0 Å². The lowest BCUT2D eigenvalue weighted by Gasteiger charge is -2.33. The molecule has 3 aliphatic rings. The Morgan fingerprint density at radius 2 is 2.11 bits per heavy atom. The molecule has 4 heteroatoms. The highest BCUT2D eigenvalue weighted by Gasteiger charge is 2.62. The Kier molecular flexibility index (Phi) is 3.13. The predicted octanol–water partition coefficient (Wildman–Crippen LogP) is -0.966. The number of fused-ring (bicyclic) bond motifs is 3. The van der Waals surface area contributed by atoms with Gasteiger partial charge in [0.25, 0.3) is 0 Å². The molecule has 0 saturated carbocycles. The molecule has 0 aliphatic carbocycles. The number of likely N-dealkylation sites (N-methyl/N-ethyl adjacent to an activating group) is 1. The van der Waals surface area contributed by atoms with Crippen molar-refractivity contribution < 1.29 is 33.3 Å². The number of rotatable bonds is 1. The second kappa shape index (κ2) is 4.45. The molecule has 0 N–H and O–H groups in total. The molecule has 2 fully saturated rings. The summed E-state index contributed by atoms with van der Waals surface area (Å²) in [5.41, 5.74) is 2.36. The van der Waals surface area contributed by atoms with E-state index >= 15 is 0 Å². The molecule has 0 amide bonds. The fourth-order valence-electron chi connectivity index (χ4n) is 4.11. The zero-order valence-electron chi connectivity index (χ0n) is 11.2. The fourth-order valence-corrected chi connectivity index (χ4v) is 4.11. The molecule has 3 unspecified atom stereocenters. The Hall–Kier alpha value is -0.620. The summed E-state index contributed by atoms with van der Waals surface area (Å²) in [6.45, 7) is 3.73. The van der Waals surface area contributed by atoms with E-state index in [0.717, 1.165) is 18.7 Å². The van der Waals surface area contributed by atoms with Crippen LogP contribution in [0, 0.1) is 5.92 Å². The van der Waals surface area contributed by atoms with E-state index in [2.05, 4.69) is 36.5 Å². The van der Waals surface area contributed by atoms with Crippen molar-refractivity contribution in [2.75, 3.05) is 26.7 Å². The summed E-state index contributed by atoms with van der Waals surface area (Å²) < 4.78 is 1.18. The van der Waals surface area contributed by atoms with Gasteiger partial charge in [-0.15, -0.1) is 0 Å². The highest BCUT2D eigenvalue weighted by Crippen LogP contribution is 2.47. The Balaban J connectivity index is 0.00000110. The summed E-state index contributed by atoms with van der Waals surface area (Å²) in [5.74, 6) is 0.701. The number of quaternary nitrogens is 1. The fraction of sp³-hybridized carbons (Fsp3) is 0.533. The minimum atomic E-state index is 0. The summed E-state index contributed by atoms with van der Waals surface area (Å²) in [4.78, 5) is 5.94. The van der Waals surface area contributed by atoms with Crippen molar-refractivity contribution in [1.82, 2.24) is 0 Å². The largest absolute Gasteiger partial charge is 1.00 e. The van der Waals surface area contributed by atoms with E-state index in [9.17, 15) is 0 Å². The van der Waals surface area contributed by atoms with E-state index in [-0.39, 0.29) is 29.6 Å². The Bertz CT molecular complexity index is 518. The van der Waals surface area contributed by atoms with E-state index in [0.29, 0.717) is 5.92 Å². The second-order valence-electron chi connectivity index (χ2n) is 6.41. The normalized spacial score (nSPS) is 39.0. The minimum absolute atomic E-state index is 0. The van der Waals surface area contributed by atoms with Gasteiger partial charge in [-0.2, -0.15) is 0 Å². The van der Waals surface area contributed by atoms with Gasteiger partial charge in [-0.3, -0.25) is 0 Å². The van der Waals surface area contributed by atoms with Crippen LogP contribution in [0.5, 0.6) is 0 Å². The van der Waals surface area contributed by atoms with Crippen molar-refractivity contribution in [3.63, 3.8) is 0 Å². The van der Waals surface area contributed by atoms with Crippen LogP contribution in [-0.2, 0) is 4.84 Å². The molecule has 3 aliphatic heterocycles. The summed E-state index contributed by atoms with van der Waals surface area (Å²) >= 11 is 0. The second-order valence-corrected chi connectivity index (χ2v) is 6.41. The SMILES string of the molecule is C[N+]12CCC(C1)C1(CC(c3ccccc3)=NO1)C2.[I-]. The first-order valence-electron chi connectivity index (χ1n) is 6.83.